The van der Waals surface area contributed by atoms with Gasteiger partial charge in [-0.2, -0.15) is 0 Å². The minimum atomic E-state index is -0.784. The highest BCUT2D eigenvalue weighted by molar-refractivity contribution is 8.02. The number of aryl methyl sites for hydroxylation is 2. The number of likely N-dealkylation sites (tertiary alicyclic amines) is 1. The molecule has 0 saturated carbocycles. The highest BCUT2D eigenvalue weighted by Gasteiger charge is 2.74. The Bertz CT molecular complexity index is 1310. The number of hydrogen-bond donors (Lipinski definition) is 1. The van der Waals surface area contributed by atoms with Crippen molar-refractivity contribution in [2.45, 2.75) is 42.7 Å². The summed E-state index contributed by atoms with van der Waals surface area (Å²) in [5.41, 5.74) is 3.49. The molecule has 2 bridgehead atoms. The second-order valence-electron chi connectivity index (χ2n) is 10.9. The first-order valence-electron chi connectivity index (χ1n) is 13.9. The van der Waals surface area contributed by atoms with Crippen molar-refractivity contribution in [2.24, 2.45) is 11.8 Å². The van der Waals surface area contributed by atoms with Gasteiger partial charge in [-0.05, 0) is 49.9 Å². The highest BCUT2D eigenvalue weighted by atomic mass is 32.2. The SMILES string of the molecule is C=CCN(C(=O)[C@@H]1[C@H]2C(=O)N(CCO)C(C(=O)N(CC=C)c3c(C)cccc3C)C23CC[C@H]1S3)c1ccccc1. The molecule has 1 N–H and O–H groups in total. The Balaban J connectivity index is 1.57. The number of β-amino-alcohol motifs (C(OH)–C–C–N with tert-alkyl or cyclic N) is 1. The average Bonchev–Trinajstić information content (AvgIpc) is 3.59. The maximum Gasteiger partial charge on any atom is 0.251 e. The van der Waals surface area contributed by atoms with E-state index in [1.54, 1.807) is 38.6 Å². The van der Waals surface area contributed by atoms with Gasteiger partial charge < -0.3 is 19.8 Å². The number of benzene rings is 2. The number of nitrogens with zero attached hydrogens (tertiary/aromatic N) is 3. The van der Waals surface area contributed by atoms with Gasteiger partial charge >= 0.3 is 0 Å². The lowest BCUT2D eigenvalue weighted by molar-refractivity contribution is -0.139. The summed E-state index contributed by atoms with van der Waals surface area (Å²) in [7, 11) is 0. The summed E-state index contributed by atoms with van der Waals surface area (Å²) < 4.78 is -0.735. The number of aliphatic hydroxyl groups is 1. The lowest BCUT2D eigenvalue weighted by Crippen LogP contribution is -2.55. The van der Waals surface area contributed by atoms with Gasteiger partial charge in [0, 0.05) is 36.3 Å². The molecule has 5 rings (SSSR count). The van der Waals surface area contributed by atoms with Crippen LogP contribution >= 0.6 is 11.8 Å². The molecular formula is C32H37N3O4S. The second kappa shape index (κ2) is 11.3. The fourth-order valence-electron chi connectivity index (χ4n) is 7.10. The molecule has 1 spiro atoms. The molecule has 0 aromatic heterocycles. The molecule has 2 aromatic rings. The number of para-hydroxylation sites is 2. The molecule has 0 aliphatic carbocycles. The van der Waals surface area contributed by atoms with Crippen LogP contribution in [0, 0.1) is 25.7 Å². The van der Waals surface area contributed by atoms with Crippen LogP contribution in [0.15, 0.2) is 73.8 Å². The van der Waals surface area contributed by atoms with E-state index in [1.165, 1.54) is 0 Å². The van der Waals surface area contributed by atoms with Gasteiger partial charge in [-0.1, -0.05) is 48.6 Å². The molecule has 3 heterocycles. The Morgan fingerprint density at radius 2 is 1.68 bits per heavy atom. The van der Waals surface area contributed by atoms with Gasteiger partial charge in [-0.15, -0.1) is 24.9 Å². The molecule has 0 radical (unpaired) electrons. The number of carbonyl (C=O) groups is 3. The van der Waals surface area contributed by atoms with E-state index in [4.69, 9.17) is 0 Å². The number of thioether (sulfide) groups is 1. The van der Waals surface area contributed by atoms with Gasteiger partial charge in [0.05, 0.1) is 23.2 Å². The van der Waals surface area contributed by atoms with Gasteiger partial charge in [-0.3, -0.25) is 14.4 Å². The number of amides is 3. The summed E-state index contributed by atoms with van der Waals surface area (Å²) in [6.07, 6.45) is 4.82. The summed E-state index contributed by atoms with van der Waals surface area (Å²) >= 11 is 1.63. The smallest absolute Gasteiger partial charge is 0.251 e. The predicted molar refractivity (Wildman–Crippen MR) is 160 cm³/mol. The Kier molecular flexibility index (Phi) is 7.93. The Hall–Kier alpha value is -3.36. The van der Waals surface area contributed by atoms with Crippen molar-refractivity contribution in [1.29, 1.82) is 0 Å². The van der Waals surface area contributed by atoms with E-state index in [0.29, 0.717) is 19.5 Å². The standard InChI is InChI=1S/C32H37N3O4S/c1-5-17-33(23-13-8-7-9-14-23)29(37)25-24-15-16-32(40-24)26(25)30(38)35(19-20-36)28(32)31(39)34(18-6-2)27-21(3)11-10-12-22(27)4/h5-14,24-26,28,36H,1-2,15-20H2,3-4H3/t24-,25+,26+,28?,32?/m1/s1. The first kappa shape index (κ1) is 28.2. The molecule has 40 heavy (non-hydrogen) atoms. The molecule has 3 saturated heterocycles. The molecule has 5 atom stereocenters. The number of carbonyl (C=O) groups excluding carboxylic acids is 3. The van der Waals surface area contributed by atoms with Crippen molar-refractivity contribution in [3.63, 3.8) is 0 Å². The number of aliphatic hydroxyl groups excluding tert-OH is 1. The summed E-state index contributed by atoms with van der Waals surface area (Å²) in [5.74, 6) is -1.71. The zero-order valence-electron chi connectivity index (χ0n) is 23.2. The third kappa shape index (κ3) is 4.38. The predicted octanol–water partition coefficient (Wildman–Crippen LogP) is 4.13. The molecule has 2 unspecified atom stereocenters. The number of rotatable bonds is 10. The van der Waals surface area contributed by atoms with Crippen LogP contribution in [0.25, 0.3) is 0 Å². The molecular weight excluding hydrogens is 522 g/mol. The van der Waals surface area contributed by atoms with Crippen LogP contribution in [0.1, 0.15) is 24.0 Å². The fraction of sp³-hybridized carbons (Fsp3) is 0.406. The van der Waals surface area contributed by atoms with Gasteiger partial charge in [0.25, 0.3) is 5.91 Å². The molecule has 2 aromatic carbocycles. The van der Waals surface area contributed by atoms with Crippen molar-refractivity contribution >= 4 is 40.9 Å². The van der Waals surface area contributed by atoms with Crippen LogP contribution in [0.3, 0.4) is 0 Å². The quantitative estimate of drug-likeness (QED) is 0.443. The van der Waals surface area contributed by atoms with Crippen molar-refractivity contribution in [2.75, 3.05) is 36.0 Å². The van der Waals surface area contributed by atoms with Gasteiger partial charge in [0.15, 0.2) is 0 Å². The summed E-state index contributed by atoms with van der Waals surface area (Å²) in [6.45, 7) is 12.1. The lowest BCUT2D eigenvalue weighted by Gasteiger charge is -2.38. The molecule has 8 heteroatoms. The van der Waals surface area contributed by atoms with E-state index in [0.717, 1.165) is 28.9 Å². The monoisotopic (exact) mass is 559 g/mol. The van der Waals surface area contributed by atoms with Crippen LogP contribution < -0.4 is 9.80 Å². The van der Waals surface area contributed by atoms with Crippen LogP contribution in [-0.4, -0.2) is 70.0 Å². The molecule has 3 amide bonds. The molecule has 7 nitrogen and oxygen atoms in total. The number of anilines is 2. The van der Waals surface area contributed by atoms with Gasteiger partial charge in [0.1, 0.15) is 6.04 Å². The van der Waals surface area contributed by atoms with E-state index in [2.05, 4.69) is 13.2 Å². The lowest BCUT2D eigenvalue weighted by atomic mass is 9.70. The number of hydrogen-bond acceptors (Lipinski definition) is 5. The van der Waals surface area contributed by atoms with Crippen molar-refractivity contribution in [1.82, 2.24) is 4.90 Å². The maximum absolute atomic E-state index is 14.6. The van der Waals surface area contributed by atoms with Crippen LogP contribution in [0.2, 0.25) is 0 Å². The van der Waals surface area contributed by atoms with Crippen molar-refractivity contribution < 1.29 is 19.5 Å². The third-order valence-corrected chi connectivity index (χ3v) is 10.5. The third-order valence-electron chi connectivity index (χ3n) is 8.59. The normalized spacial score (nSPS) is 26.5. The van der Waals surface area contributed by atoms with Crippen molar-refractivity contribution in [3.8, 4) is 0 Å². The first-order chi connectivity index (χ1) is 19.3. The molecule has 3 aliphatic rings. The first-order valence-corrected chi connectivity index (χ1v) is 14.7. The Morgan fingerprint density at radius 1 is 1.02 bits per heavy atom. The summed E-state index contributed by atoms with van der Waals surface area (Å²) in [4.78, 5) is 48.0. The largest absolute Gasteiger partial charge is 0.395 e. The molecule has 210 valence electrons. The van der Waals surface area contributed by atoms with E-state index in [9.17, 15) is 19.5 Å². The zero-order chi connectivity index (χ0) is 28.6. The topological polar surface area (TPSA) is 81.2 Å². The molecule has 3 aliphatic heterocycles. The van der Waals surface area contributed by atoms with E-state index in [1.807, 2.05) is 62.4 Å². The minimum absolute atomic E-state index is 0.0450. The summed E-state index contributed by atoms with van der Waals surface area (Å²) in [5, 5.41) is 9.92. The minimum Gasteiger partial charge on any atom is -0.395 e. The zero-order valence-corrected chi connectivity index (χ0v) is 24.0. The van der Waals surface area contributed by atoms with Crippen LogP contribution in [0.4, 0.5) is 11.4 Å². The van der Waals surface area contributed by atoms with E-state index >= 15 is 0 Å². The highest BCUT2D eigenvalue weighted by Crippen LogP contribution is 2.66. The Morgan fingerprint density at radius 3 is 2.30 bits per heavy atom. The second-order valence-corrected chi connectivity index (χ2v) is 12.5. The fourth-order valence-corrected chi connectivity index (χ4v) is 9.31. The van der Waals surface area contributed by atoms with Crippen molar-refractivity contribution in [3.05, 3.63) is 85.0 Å². The van der Waals surface area contributed by atoms with Gasteiger partial charge in [-0.25, -0.2) is 0 Å². The number of fused-ring (bicyclic) bond motifs is 1. The van der Waals surface area contributed by atoms with Crippen LogP contribution in [-0.2, 0) is 14.4 Å². The Labute approximate surface area is 240 Å². The van der Waals surface area contributed by atoms with E-state index in [-0.39, 0.29) is 36.1 Å². The maximum atomic E-state index is 14.6. The molecule has 3 fully saturated rings. The average molecular weight is 560 g/mol. The van der Waals surface area contributed by atoms with E-state index < -0.39 is 22.6 Å². The van der Waals surface area contributed by atoms with Crippen LogP contribution in [0.5, 0.6) is 0 Å². The van der Waals surface area contributed by atoms with Gasteiger partial charge in [0.2, 0.25) is 11.8 Å². The summed E-state index contributed by atoms with van der Waals surface area (Å²) in [6, 6.07) is 14.6.